The van der Waals surface area contributed by atoms with Gasteiger partial charge in [-0.25, -0.2) is 4.79 Å². The lowest BCUT2D eigenvalue weighted by Crippen LogP contribution is -2.80. The lowest BCUT2D eigenvalue weighted by atomic mass is 9.92. The summed E-state index contributed by atoms with van der Waals surface area (Å²) in [7, 11) is -0.335. The molecule has 0 aromatic carbocycles. The largest absolute Gasteiger partial charge is 0.480 e. The maximum absolute atomic E-state index is 12.8. The van der Waals surface area contributed by atoms with Crippen molar-refractivity contribution in [2.75, 3.05) is 7.11 Å². The Hall–Kier alpha value is -2.18. The third-order valence-electron chi connectivity index (χ3n) is 4.86. The van der Waals surface area contributed by atoms with Crippen molar-refractivity contribution in [2.45, 2.75) is 35.7 Å². The van der Waals surface area contributed by atoms with E-state index in [4.69, 9.17) is 4.74 Å². The van der Waals surface area contributed by atoms with Gasteiger partial charge in [0.2, 0.25) is 5.91 Å². The van der Waals surface area contributed by atoms with Gasteiger partial charge in [0, 0.05) is 22.7 Å². The fraction of sp³-hybridized carbons (Fsp3) is 0.500. The number of nitrogens with one attached hydrogen (secondary N) is 1. The van der Waals surface area contributed by atoms with Crippen LogP contribution in [0.4, 0.5) is 0 Å². The monoisotopic (exact) mass is 430 g/mol. The maximum atomic E-state index is 12.8. The van der Waals surface area contributed by atoms with Crippen LogP contribution in [-0.2, 0) is 34.7 Å². The van der Waals surface area contributed by atoms with Crippen LogP contribution >= 0.6 is 11.8 Å². The molecule has 152 valence electrons. The molecule has 2 amide bonds. The highest BCUT2D eigenvalue weighted by Gasteiger charge is 2.73. The van der Waals surface area contributed by atoms with Gasteiger partial charge in [-0.3, -0.25) is 18.6 Å². The Bertz CT molecular complexity index is 867. The van der Waals surface area contributed by atoms with Crippen molar-refractivity contribution in [3.05, 3.63) is 22.5 Å². The van der Waals surface area contributed by atoms with E-state index in [1.54, 1.807) is 13.8 Å². The van der Waals surface area contributed by atoms with Crippen LogP contribution in [0.3, 0.4) is 0 Å². The third kappa shape index (κ3) is 2.86. The van der Waals surface area contributed by atoms with Gasteiger partial charge in [-0.15, -0.1) is 11.8 Å². The number of carboxylic acid groups (broad SMARTS) is 2. The van der Waals surface area contributed by atoms with Crippen molar-refractivity contribution < 1.29 is 38.3 Å². The van der Waals surface area contributed by atoms with Crippen LogP contribution in [0, 0.1) is 5.92 Å². The molecule has 10 nitrogen and oxygen atoms in total. The molecular formula is C16H18N2O8S2. The Kier molecular flexibility index (Phi) is 4.92. The predicted octanol–water partition coefficient (Wildman–Crippen LogP) is -0.547. The Morgan fingerprint density at radius 2 is 2.00 bits per heavy atom. The molecule has 12 heteroatoms. The number of allylic oxidation sites excluding steroid dienone is 1. The molecule has 3 N–H and O–H groups in total. The molecule has 3 aliphatic rings. The van der Waals surface area contributed by atoms with Gasteiger partial charge >= 0.3 is 11.9 Å². The zero-order valence-electron chi connectivity index (χ0n) is 15.1. The van der Waals surface area contributed by atoms with Crippen LogP contribution in [0.15, 0.2) is 22.5 Å². The Morgan fingerprint density at radius 3 is 2.46 bits per heavy atom. The molecule has 3 aliphatic heterocycles. The van der Waals surface area contributed by atoms with Crippen molar-refractivity contribution in [1.82, 2.24) is 10.2 Å². The summed E-state index contributed by atoms with van der Waals surface area (Å²) in [5.41, 5.74) is -1.85. The highest BCUT2D eigenvalue weighted by atomic mass is 32.2. The number of carbonyl (C=O) groups excluding carboxylic acids is 2. The van der Waals surface area contributed by atoms with E-state index < -0.39 is 62.4 Å². The highest BCUT2D eigenvalue weighted by molar-refractivity contribution is 8.01. The minimum Gasteiger partial charge on any atom is -0.480 e. The van der Waals surface area contributed by atoms with Gasteiger partial charge in [-0.05, 0) is 25.5 Å². The number of amides is 2. The SMILES string of the molecule is CO[C@@]1(NC(=O)C(C(=O)O)C2=CS(=O)C=C2)C(=O)N2[C@@H](C(=O)O)C(C)(C)S[C@@H]21. The first-order chi connectivity index (χ1) is 13.0. The lowest BCUT2D eigenvalue weighted by Gasteiger charge is -2.51. The van der Waals surface area contributed by atoms with Crippen molar-refractivity contribution in [3.8, 4) is 0 Å². The molecule has 0 aromatic rings. The average molecular weight is 430 g/mol. The summed E-state index contributed by atoms with van der Waals surface area (Å²) in [5, 5.41) is 22.8. The molecule has 0 aromatic heterocycles. The molecule has 5 atom stereocenters. The topological polar surface area (TPSA) is 150 Å². The number of carbonyl (C=O) groups is 4. The quantitative estimate of drug-likeness (QED) is 0.286. The summed E-state index contributed by atoms with van der Waals surface area (Å²) >= 11 is 1.14. The fourth-order valence-electron chi connectivity index (χ4n) is 3.57. The van der Waals surface area contributed by atoms with Gasteiger partial charge < -0.3 is 25.2 Å². The lowest BCUT2D eigenvalue weighted by molar-refractivity contribution is -0.201. The third-order valence-corrected chi connectivity index (χ3v) is 7.38. The smallest absolute Gasteiger partial charge is 0.327 e. The number of hydrogen-bond donors (Lipinski definition) is 3. The number of carboxylic acids is 2. The van der Waals surface area contributed by atoms with E-state index in [0.29, 0.717) is 0 Å². The molecule has 0 spiro atoms. The number of rotatable bonds is 6. The summed E-state index contributed by atoms with van der Waals surface area (Å²) in [6.07, 6.45) is 1.27. The summed E-state index contributed by atoms with van der Waals surface area (Å²) in [5.74, 6) is -6.13. The van der Waals surface area contributed by atoms with E-state index in [1.165, 1.54) is 18.6 Å². The number of β-lactam (4-membered cyclic amide) rings is 1. The Balaban J connectivity index is 1.89. The number of hydrogen-bond acceptors (Lipinski definition) is 7. The van der Waals surface area contributed by atoms with Gasteiger partial charge in [-0.2, -0.15) is 0 Å². The molecule has 28 heavy (non-hydrogen) atoms. The number of aliphatic carboxylic acids is 2. The van der Waals surface area contributed by atoms with Gasteiger partial charge in [0.25, 0.3) is 11.6 Å². The minimum absolute atomic E-state index is 0.0287. The predicted molar refractivity (Wildman–Crippen MR) is 98.1 cm³/mol. The summed E-state index contributed by atoms with van der Waals surface area (Å²) < 4.78 is 15.9. The molecular weight excluding hydrogens is 412 g/mol. The number of thioether (sulfide) groups is 1. The minimum atomic E-state index is -1.88. The highest BCUT2D eigenvalue weighted by Crippen LogP contribution is 2.55. The van der Waals surface area contributed by atoms with Crippen LogP contribution in [-0.4, -0.2) is 72.1 Å². The van der Waals surface area contributed by atoms with Gasteiger partial charge in [-0.1, -0.05) is 0 Å². The van der Waals surface area contributed by atoms with Gasteiger partial charge in [0.1, 0.15) is 11.4 Å². The van der Waals surface area contributed by atoms with E-state index in [1.807, 2.05) is 0 Å². The van der Waals surface area contributed by atoms with Crippen molar-refractivity contribution in [2.24, 2.45) is 5.92 Å². The zero-order valence-corrected chi connectivity index (χ0v) is 16.7. The van der Waals surface area contributed by atoms with Crippen molar-refractivity contribution >= 4 is 46.3 Å². The molecule has 0 bridgehead atoms. The van der Waals surface area contributed by atoms with Gasteiger partial charge in [0.15, 0.2) is 5.92 Å². The van der Waals surface area contributed by atoms with Gasteiger partial charge in [0.05, 0.1) is 10.8 Å². The molecule has 2 fully saturated rings. The fourth-order valence-corrected chi connectivity index (χ4v) is 6.09. The van der Waals surface area contributed by atoms with Crippen LogP contribution in [0.5, 0.6) is 0 Å². The second-order valence-corrected chi connectivity index (χ2v) is 9.88. The number of ether oxygens (including phenoxy) is 1. The van der Waals surface area contributed by atoms with E-state index in [9.17, 15) is 33.6 Å². The summed E-state index contributed by atoms with van der Waals surface area (Å²) in [4.78, 5) is 49.9. The summed E-state index contributed by atoms with van der Waals surface area (Å²) in [6, 6.07) is -1.12. The maximum Gasteiger partial charge on any atom is 0.327 e. The first-order valence-electron chi connectivity index (χ1n) is 8.09. The van der Waals surface area contributed by atoms with Crippen LogP contribution < -0.4 is 5.32 Å². The molecule has 2 saturated heterocycles. The number of methoxy groups -OCH3 is 1. The van der Waals surface area contributed by atoms with Crippen LogP contribution in [0.25, 0.3) is 0 Å². The van der Waals surface area contributed by atoms with E-state index in [-0.39, 0.29) is 5.57 Å². The Morgan fingerprint density at radius 1 is 1.36 bits per heavy atom. The summed E-state index contributed by atoms with van der Waals surface area (Å²) in [6.45, 7) is 3.32. The van der Waals surface area contributed by atoms with Crippen molar-refractivity contribution in [1.29, 1.82) is 0 Å². The molecule has 2 unspecified atom stereocenters. The van der Waals surface area contributed by atoms with E-state index in [0.717, 1.165) is 22.1 Å². The van der Waals surface area contributed by atoms with Crippen molar-refractivity contribution in [3.63, 3.8) is 0 Å². The van der Waals surface area contributed by atoms with E-state index >= 15 is 0 Å². The van der Waals surface area contributed by atoms with Crippen LogP contribution in [0.2, 0.25) is 0 Å². The number of fused-ring (bicyclic) bond motifs is 1. The normalized spacial score (nSPS) is 33.7. The number of nitrogens with zero attached hydrogens (tertiary/aromatic N) is 1. The molecule has 3 heterocycles. The van der Waals surface area contributed by atoms with E-state index in [2.05, 4.69) is 5.32 Å². The molecule has 3 rings (SSSR count). The molecule has 0 radical (unpaired) electrons. The molecule has 0 aliphatic carbocycles. The Labute approximate surface area is 166 Å². The second-order valence-electron chi connectivity index (χ2n) is 6.98. The average Bonchev–Trinajstić information content (AvgIpc) is 3.11. The van der Waals surface area contributed by atoms with Crippen LogP contribution in [0.1, 0.15) is 13.8 Å². The zero-order chi connectivity index (χ0) is 21.0. The second kappa shape index (κ2) is 6.71. The molecule has 0 saturated carbocycles. The first-order valence-corrected chi connectivity index (χ1v) is 10.2. The first kappa shape index (κ1) is 20.6. The standard InChI is InChI=1S/C16H18N2O8S2/c1-15(2)9(12(22)23)18-13(24)16(26-3,14(18)27-15)17-10(19)8(11(20)21)7-4-5-28(25)6-7/h4-6,8-9,14H,1-3H3,(H,17,19)(H,20,21)(H,22,23)/t8?,9-,14+,16-,28?/m0/s1.